The predicted octanol–water partition coefficient (Wildman–Crippen LogP) is -3.12. The van der Waals surface area contributed by atoms with Crippen LogP contribution >= 0.6 is 0 Å². The van der Waals surface area contributed by atoms with Gasteiger partial charge in [0.1, 0.15) is 12.1 Å². The molecule has 29 heavy (non-hydrogen) atoms. The van der Waals surface area contributed by atoms with E-state index in [4.69, 9.17) is 11.5 Å². The maximum absolute atomic E-state index is 13.4. The zero-order valence-electron chi connectivity index (χ0n) is 16.8. The lowest BCUT2D eigenvalue weighted by molar-refractivity contribution is -0.166. The van der Waals surface area contributed by atoms with Gasteiger partial charge in [-0.05, 0) is 39.7 Å². The Bertz CT molecular complexity index is 651. The number of carbonyl (C=O) groups is 4. The highest BCUT2D eigenvalue weighted by Gasteiger charge is 2.50. The molecule has 0 radical (unpaired) electrons. The number of nitrogens with two attached hydrogens (primary N) is 2. The number of nitrogens with one attached hydrogen (secondary N) is 1. The van der Waals surface area contributed by atoms with Crippen LogP contribution in [0, 0.1) is 5.92 Å². The van der Waals surface area contributed by atoms with Gasteiger partial charge in [-0.3, -0.25) is 29.8 Å². The van der Waals surface area contributed by atoms with Crippen molar-refractivity contribution in [3.05, 3.63) is 0 Å². The number of carbonyl (C=O) groups excluding carboxylic acids is 4. The summed E-state index contributed by atoms with van der Waals surface area (Å²) in [6, 6.07) is -2.29. The maximum Gasteiger partial charge on any atom is 0.253 e. The Morgan fingerprint density at radius 3 is 2.38 bits per heavy atom. The number of hydrogen-bond donors (Lipinski definition) is 5. The molecule has 7 N–H and O–H groups in total. The van der Waals surface area contributed by atoms with E-state index in [1.807, 2.05) is 0 Å². The highest BCUT2D eigenvalue weighted by Crippen LogP contribution is 2.26. The second-order valence-corrected chi connectivity index (χ2v) is 7.84. The SMILES string of the molecule is C[C@@H](O)[C@H](N)C(=O)N1CCC[C@H]1C(=O)N(C(=O)[C@@H]1CCNC1)[C@](N)(C=O)[C@@H](C)O. The van der Waals surface area contributed by atoms with Crippen molar-refractivity contribution in [3.8, 4) is 0 Å². The van der Waals surface area contributed by atoms with E-state index >= 15 is 0 Å². The summed E-state index contributed by atoms with van der Waals surface area (Å²) < 4.78 is 0. The fourth-order valence-corrected chi connectivity index (χ4v) is 3.71. The Labute approximate surface area is 169 Å². The van der Waals surface area contributed by atoms with Gasteiger partial charge in [0.15, 0.2) is 11.9 Å². The molecule has 0 aliphatic carbocycles. The van der Waals surface area contributed by atoms with Crippen molar-refractivity contribution >= 4 is 24.0 Å². The first-order valence-electron chi connectivity index (χ1n) is 9.82. The van der Waals surface area contributed by atoms with Crippen LogP contribution in [0.15, 0.2) is 0 Å². The summed E-state index contributed by atoms with van der Waals surface area (Å²) in [5, 5.41) is 22.7. The van der Waals surface area contributed by atoms with Gasteiger partial charge in [0, 0.05) is 13.1 Å². The van der Waals surface area contributed by atoms with Gasteiger partial charge >= 0.3 is 0 Å². The van der Waals surface area contributed by atoms with Crippen molar-refractivity contribution in [1.29, 1.82) is 0 Å². The van der Waals surface area contributed by atoms with E-state index in [0.717, 1.165) is 0 Å². The fourth-order valence-electron chi connectivity index (χ4n) is 3.71. The molecule has 2 fully saturated rings. The van der Waals surface area contributed by atoms with Gasteiger partial charge in [-0.25, -0.2) is 0 Å². The Morgan fingerprint density at radius 1 is 1.24 bits per heavy atom. The van der Waals surface area contributed by atoms with Crippen LogP contribution < -0.4 is 16.8 Å². The molecule has 2 aliphatic rings. The summed E-state index contributed by atoms with van der Waals surface area (Å²) in [6.07, 6.45) is -1.28. The van der Waals surface area contributed by atoms with Crippen molar-refractivity contribution in [2.75, 3.05) is 19.6 Å². The molecule has 0 aromatic carbocycles. The molecule has 0 bridgehead atoms. The first kappa shape index (κ1) is 23.4. The van der Waals surface area contributed by atoms with E-state index in [1.54, 1.807) is 0 Å². The van der Waals surface area contributed by atoms with Crippen LogP contribution in [0.4, 0.5) is 0 Å². The Balaban J connectivity index is 2.39. The van der Waals surface area contributed by atoms with E-state index in [9.17, 15) is 29.4 Å². The first-order valence-corrected chi connectivity index (χ1v) is 9.82. The highest BCUT2D eigenvalue weighted by atomic mass is 16.3. The summed E-state index contributed by atoms with van der Waals surface area (Å²) >= 11 is 0. The molecule has 11 nitrogen and oxygen atoms in total. The Kier molecular flexibility index (Phi) is 7.46. The molecule has 0 saturated carbocycles. The number of imide groups is 1. The van der Waals surface area contributed by atoms with Crippen molar-refractivity contribution in [2.45, 2.75) is 63.1 Å². The molecule has 164 valence electrons. The van der Waals surface area contributed by atoms with Gasteiger partial charge in [0.05, 0.1) is 18.1 Å². The van der Waals surface area contributed by atoms with Crippen molar-refractivity contribution in [1.82, 2.24) is 15.1 Å². The van der Waals surface area contributed by atoms with Crippen molar-refractivity contribution in [3.63, 3.8) is 0 Å². The third-order valence-corrected chi connectivity index (χ3v) is 5.72. The average Bonchev–Trinajstić information content (AvgIpc) is 3.37. The number of amides is 3. The Hall–Kier alpha value is -1.92. The zero-order chi connectivity index (χ0) is 21.9. The van der Waals surface area contributed by atoms with Crippen molar-refractivity contribution in [2.24, 2.45) is 17.4 Å². The van der Waals surface area contributed by atoms with Crippen LogP contribution in [0.5, 0.6) is 0 Å². The molecular weight excluding hydrogens is 382 g/mol. The van der Waals surface area contributed by atoms with Crippen LogP contribution in [0.25, 0.3) is 0 Å². The maximum atomic E-state index is 13.4. The number of hydrogen-bond acceptors (Lipinski definition) is 9. The zero-order valence-corrected chi connectivity index (χ0v) is 16.8. The van der Waals surface area contributed by atoms with E-state index in [-0.39, 0.29) is 19.3 Å². The normalized spacial score (nSPS) is 27.0. The summed E-state index contributed by atoms with van der Waals surface area (Å²) in [5.74, 6) is -2.71. The first-order chi connectivity index (χ1) is 13.6. The minimum absolute atomic E-state index is 0.179. The molecule has 2 rings (SSSR count). The molecule has 2 saturated heterocycles. The quantitative estimate of drug-likeness (QED) is 0.164. The monoisotopic (exact) mass is 413 g/mol. The molecular formula is C18H31N5O6. The third-order valence-electron chi connectivity index (χ3n) is 5.72. The van der Waals surface area contributed by atoms with Gasteiger partial charge in [0.2, 0.25) is 11.8 Å². The molecule has 0 unspecified atom stereocenters. The van der Waals surface area contributed by atoms with E-state index in [1.165, 1.54) is 18.7 Å². The minimum atomic E-state index is -2.26. The number of likely N-dealkylation sites (tertiary alicyclic amines) is 1. The second kappa shape index (κ2) is 9.26. The number of nitrogens with zero attached hydrogens (tertiary/aromatic N) is 2. The lowest BCUT2D eigenvalue weighted by Gasteiger charge is -2.41. The van der Waals surface area contributed by atoms with Gasteiger partial charge in [-0.2, -0.15) is 0 Å². The van der Waals surface area contributed by atoms with Gasteiger partial charge < -0.3 is 26.2 Å². The summed E-state index contributed by atoms with van der Waals surface area (Å²) in [7, 11) is 0. The molecule has 11 heteroatoms. The Morgan fingerprint density at radius 2 is 1.90 bits per heavy atom. The van der Waals surface area contributed by atoms with Crippen LogP contribution in [-0.2, 0) is 19.2 Å². The standard InChI is InChI=1S/C18H31N5O6/c1-10(25)14(19)17(29)22-7-3-4-13(22)16(28)23(18(20,9-24)11(2)26)15(27)12-5-6-21-8-12/h9-14,21,25-26H,3-8,19-20H2,1-2H3/t10-,11-,12-,13+,14+,18-/m1/s1. The number of aliphatic hydroxyl groups excluding tert-OH is 2. The minimum Gasteiger partial charge on any atom is -0.391 e. The number of rotatable bonds is 7. The number of aldehydes is 1. The average molecular weight is 413 g/mol. The summed E-state index contributed by atoms with van der Waals surface area (Å²) in [4.78, 5) is 52.8. The lowest BCUT2D eigenvalue weighted by Crippen LogP contribution is -2.70. The predicted molar refractivity (Wildman–Crippen MR) is 102 cm³/mol. The molecule has 6 atom stereocenters. The number of aliphatic hydroxyl groups is 2. The molecule has 3 amide bonds. The van der Waals surface area contributed by atoms with E-state index < -0.39 is 53.6 Å². The lowest BCUT2D eigenvalue weighted by atomic mass is 9.98. The van der Waals surface area contributed by atoms with Crippen LogP contribution in [0.2, 0.25) is 0 Å². The van der Waals surface area contributed by atoms with Gasteiger partial charge in [-0.15, -0.1) is 0 Å². The largest absolute Gasteiger partial charge is 0.391 e. The van der Waals surface area contributed by atoms with Crippen LogP contribution in [0.1, 0.15) is 33.1 Å². The summed E-state index contributed by atoms with van der Waals surface area (Å²) in [5.41, 5.74) is 9.50. The molecule has 0 aromatic rings. The smallest absolute Gasteiger partial charge is 0.253 e. The third kappa shape index (κ3) is 4.48. The van der Waals surface area contributed by atoms with Crippen LogP contribution in [0.3, 0.4) is 0 Å². The van der Waals surface area contributed by atoms with Crippen LogP contribution in [-0.4, -0.2) is 93.6 Å². The topological polar surface area (TPSA) is 179 Å². The highest BCUT2D eigenvalue weighted by molar-refractivity contribution is 6.03. The van der Waals surface area contributed by atoms with Gasteiger partial charge in [-0.1, -0.05) is 0 Å². The molecule has 2 aliphatic heterocycles. The molecule has 2 heterocycles. The van der Waals surface area contributed by atoms with E-state index in [2.05, 4.69) is 5.32 Å². The summed E-state index contributed by atoms with van der Waals surface area (Å²) in [6.45, 7) is 3.69. The fraction of sp³-hybridized carbons (Fsp3) is 0.778. The molecule has 0 spiro atoms. The molecule has 0 aromatic heterocycles. The van der Waals surface area contributed by atoms with Gasteiger partial charge in [0.25, 0.3) is 5.91 Å². The van der Waals surface area contributed by atoms with Crippen molar-refractivity contribution < 1.29 is 29.4 Å². The second-order valence-electron chi connectivity index (χ2n) is 7.84. The van der Waals surface area contributed by atoms with E-state index in [0.29, 0.717) is 30.8 Å².